The van der Waals surface area contributed by atoms with Gasteiger partial charge in [0.05, 0.1) is 10.7 Å². The third-order valence-electron chi connectivity index (χ3n) is 5.21. The summed E-state index contributed by atoms with van der Waals surface area (Å²) in [5, 5.41) is 4.03. The molecule has 0 atom stereocenters. The number of aryl methyl sites for hydroxylation is 1. The van der Waals surface area contributed by atoms with E-state index in [2.05, 4.69) is 59.0 Å². The average molecular weight is 444 g/mol. The number of aliphatic imine (C=N–C) groups is 1. The van der Waals surface area contributed by atoms with Gasteiger partial charge >= 0.3 is 0 Å². The first-order valence-electron chi connectivity index (χ1n) is 10.8. The van der Waals surface area contributed by atoms with Crippen LogP contribution in [0.4, 0.5) is 5.69 Å². The van der Waals surface area contributed by atoms with Gasteiger partial charge in [0.1, 0.15) is 13.2 Å². The number of thioether (sulfide) groups is 1. The summed E-state index contributed by atoms with van der Waals surface area (Å²) >= 11 is 1.65. The number of fused-ring (bicyclic) bond motifs is 1. The quantitative estimate of drug-likeness (QED) is 0.510. The topological polar surface area (TPSA) is 46.1 Å². The molecular weight excluding hydrogens is 418 g/mol. The molecule has 3 aromatic carbocycles. The lowest BCUT2D eigenvalue weighted by molar-refractivity contribution is 0.171. The maximum Gasteiger partial charge on any atom is 0.189 e. The molecule has 162 valence electrons. The van der Waals surface area contributed by atoms with E-state index in [0.717, 1.165) is 52.3 Å². The number of hydrogen-bond donors (Lipinski definition) is 1. The van der Waals surface area contributed by atoms with Crippen molar-refractivity contribution in [2.45, 2.75) is 12.8 Å². The predicted octanol–water partition coefficient (Wildman–Crippen LogP) is 5.50. The molecule has 0 radical (unpaired) electrons. The van der Waals surface area contributed by atoms with Gasteiger partial charge in [0.15, 0.2) is 16.7 Å². The number of anilines is 1. The van der Waals surface area contributed by atoms with Crippen LogP contribution in [0.1, 0.15) is 17.5 Å². The van der Waals surface area contributed by atoms with E-state index in [4.69, 9.17) is 14.5 Å². The lowest BCUT2D eigenvalue weighted by Crippen LogP contribution is -2.33. The van der Waals surface area contributed by atoms with Gasteiger partial charge in [-0.05, 0) is 66.1 Å². The van der Waals surface area contributed by atoms with E-state index in [1.165, 1.54) is 5.56 Å². The summed E-state index contributed by atoms with van der Waals surface area (Å²) in [4.78, 5) is 4.92. The second-order valence-electron chi connectivity index (χ2n) is 7.55. The van der Waals surface area contributed by atoms with E-state index in [-0.39, 0.29) is 0 Å². The monoisotopic (exact) mass is 443 g/mol. The highest BCUT2D eigenvalue weighted by atomic mass is 32.2. The van der Waals surface area contributed by atoms with Gasteiger partial charge in [-0.2, -0.15) is 0 Å². The molecule has 1 N–H and O–H groups in total. The smallest absolute Gasteiger partial charge is 0.189 e. The maximum absolute atomic E-state index is 5.73. The molecule has 2 heterocycles. The Morgan fingerprint density at radius 3 is 2.47 bits per heavy atom. The van der Waals surface area contributed by atoms with Gasteiger partial charge in [-0.3, -0.25) is 10.4 Å². The maximum atomic E-state index is 5.73. The van der Waals surface area contributed by atoms with Crippen LogP contribution in [0.2, 0.25) is 0 Å². The minimum absolute atomic E-state index is 0.585. The summed E-state index contributed by atoms with van der Waals surface area (Å²) in [5.41, 5.74) is 6.97. The largest absolute Gasteiger partial charge is 0.486 e. The first-order valence-corrected chi connectivity index (χ1v) is 11.7. The van der Waals surface area contributed by atoms with Crippen LogP contribution >= 0.6 is 11.8 Å². The third-order valence-corrected chi connectivity index (χ3v) is 6.13. The first-order chi connectivity index (χ1) is 15.8. The van der Waals surface area contributed by atoms with Crippen LogP contribution < -0.4 is 19.9 Å². The highest BCUT2D eigenvalue weighted by molar-refractivity contribution is 8.18. The summed E-state index contributed by atoms with van der Waals surface area (Å²) in [7, 11) is 0. The van der Waals surface area contributed by atoms with E-state index in [9.17, 15) is 0 Å². The second kappa shape index (κ2) is 9.83. The number of rotatable bonds is 6. The van der Waals surface area contributed by atoms with Crippen molar-refractivity contribution in [2.24, 2.45) is 4.99 Å². The molecule has 0 spiro atoms. The van der Waals surface area contributed by atoms with Crippen molar-refractivity contribution in [1.82, 2.24) is 5.43 Å². The van der Waals surface area contributed by atoms with Crippen molar-refractivity contribution < 1.29 is 9.47 Å². The van der Waals surface area contributed by atoms with Crippen LogP contribution in [0.3, 0.4) is 0 Å². The minimum atomic E-state index is 0.585. The summed E-state index contributed by atoms with van der Waals surface area (Å²) in [5.74, 6) is 1.60. The number of ether oxygens (including phenoxy) is 2. The van der Waals surface area contributed by atoms with Crippen LogP contribution in [0, 0.1) is 0 Å². The Morgan fingerprint density at radius 1 is 0.906 bits per heavy atom. The van der Waals surface area contributed by atoms with Crippen molar-refractivity contribution in [3.8, 4) is 11.5 Å². The molecule has 0 saturated carbocycles. The lowest BCUT2D eigenvalue weighted by atomic mass is 10.1. The summed E-state index contributed by atoms with van der Waals surface area (Å²) < 4.78 is 11.4. The molecule has 6 heteroatoms. The standard InChI is InChI=1S/C26H25N3O2S/c1-3-8-20(9-4-1)10-7-15-27-26-29(22-11-5-2-6-12-22)28-25(32-26)19-21-13-14-23-24(18-21)31-17-16-30-23/h1-6,8-9,11-14,18-19,28H,7,10,15-17H2/b25-19-,27-26?. The van der Waals surface area contributed by atoms with Gasteiger partial charge in [-0.25, -0.2) is 5.01 Å². The van der Waals surface area contributed by atoms with E-state index >= 15 is 0 Å². The number of amidine groups is 1. The van der Waals surface area contributed by atoms with Gasteiger partial charge in [-0.1, -0.05) is 54.6 Å². The fourth-order valence-electron chi connectivity index (χ4n) is 3.65. The Hall–Kier alpha value is -3.38. The molecule has 0 unspecified atom stereocenters. The van der Waals surface area contributed by atoms with Crippen molar-refractivity contribution in [2.75, 3.05) is 24.8 Å². The Kier molecular flexibility index (Phi) is 6.30. The zero-order valence-electron chi connectivity index (χ0n) is 17.7. The highest BCUT2D eigenvalue weighted by Crippen LogP contribution is 2.34. The van der Waals surface area contributed by atoms with Crippen molar-refractivity contribution >= 4 is 28.7 Å². The predicted molar refractivity (Wildman–Crippen MR) is 132 cm³/mol. The van der Waals surface area contributed by atoms with Crippen molar-refractivity contribution in [1.29, 1.82) is 0 Å². The summed E-state index contributed by atoms with van der Waals surface area (Å²) in [6, 6.07) is 26.9. The molecule has 0 aromatic heterocycles. The SMILES string of the molecule is C(=C1\NN(c2ccccc2)C(=NCCCc2ccccc2)S1)/c1ccc2c(c1)OCCO2. The van der Waals surface area contributed by atoms with Crippen LogP contribution in [0.5, 0.6) is 11.5 Å². The fraction of sp³-hybridized carbons (Fsp3) is 0.192. The fourth-order valence-corrected chi connectivity index (χ4v) is 4.57. The van der Waals surface area contributed by atoms with Gasteiger partial charge in [0.2, 0.25) is 0 Å². The number of benzene rings is 3. The Bertz CT molecular complexity index is 1120. The molecule has 32 heavy (non-hydrogen) atoms. The molecule has 2 aliphatic rings. The van der Waals surface area contributed by atoms with Gasteiger partial charge in [0, 0.05) is 6.54 Å². The van der Waals surface area contributed by atoms with Crippen LogP contribution in [-0.2, 0) is 6.42 Å². The van der Waals surface area contributed by atoms with Gasteiger partial charge < -0.3 is 9.47 Å². The Morgan fingerprint density at radius 2 is 1.66 bits per heavy atom. The number of nitrogens with zero attached hydrogens (tertiary/aromatic N) is 2. The molecule has 3 aromatic rings. The zero-order chi connectivity index (χ0) is 21.6. The number of hydrogen-bond acceptors (Lipinski definition) is 5. The second-order valence-corrected chi connectivity index (χ2v) is 8.56. The normalized spacial score (nSPS) is 17.6. The first kappa shape index (κ1) is 20.5. The van der Waals surface area contributed by atoms with Gasteiger partial charge in [-0.15, -0.1) is 0 Å². The Labute approximate surface area is 192 Å². The average Bonchev–Trinajstić information content (AvgIpc) is 3.25. The van der Waals surface area contributed by atoms with Crippen LogP contribution in [-0.4, -0.2) is 24.9 Å². The van der Waals surface area contributed by atoms with Gasteiger partial charge in [0.25, 0.3) is 0 Å². The molecule has 5 nitrogen and oxygen atoms in total. The van der Waals surface area contributed by atoms with Crippen LogP contribution in [0.15, 0.2) is 88.9 Å². The van der Waals surface area contributed by atoms with Crippen molar-refractivity contribution in [3.63, 3.8) is 0 Å². The molecule has 0 aliphatic carbocycles. The third kappa shape index (κ3) is 4.92. The highest BCUT2D eigenvalue weighted by Gasteiger charge is 2.25. The van der Waals surface area contributed by atoms with E-state index in [1.54, 1.807) is 11.8 Å². The van der Waals surface area contributed by atoms with Crippen LogP contribution in [0.25, 0.3) is 6.08 Å². The number of para-hydroxylation sites is 1. The molecule has 0 bridgehead atoms. The van der Waals surface area contributed by atoms with E-state index < -0.39 is 0 Å². The molecule has 1 saturated heterocycles. The number of nitrogens with one attached hydrogen (secondary N) is 1. The molecular formula is C26H25N3O2S. The summed E-state index contributed by atoms with van der Waals surface area (Å²) in [6.45, 7) is 1.96. The minimum Gasteiger partial charge on any atom is -0.486 e. The zero-order valence-corrected chi connectivity index (χ0v) is 18.6. The van der Waals surface area contributed by atoms with E-state index in [0.29, 0.717) is 13.2 Å². The molecule has 1 fully saturated rings. The molecule has 0 amide bonds. The Balaban J connectivity index is 1.32. The summed E-state index contributed by atoms with van der Waals surface area (Å²) in [6.07, 6.45) is 4.16. The van der Waals surface area contributed by atoms with E-state index in [1.807, 2.05) is 36.4 Å². The lowest BCUT2D eigenvalue weighted by Gasteiger charge is -2.19. The molecule has 5 rings (SSSR count). The molecule has 2 aliphatic heterocycles. The van der Waals surface area contributed by atoms with Crippen molar-refractivity contribution in [3.05, 3.63) is 95.0 Å². The number of hydrazine groups is 1.